The second-order valence-corrected chi connectivity index (χ2v) is 6.06. The SMILES string of the molecule is CC(C)=CCN1Cc2ccccc2N(C(N)=S)C[C@@H]1C. The number of anilines is 1. The zero-order valence-electron chi connectivity index (χ0n) is 12.5. The fourth-order valence-corrected chi connectivity index (χ4v) is 2.69. The number of hydrogen-bond acceptors (Lipinski definition) is 2. The van der Waals surface area contributed by atoms with E-state index in [1.54, 1.807) is 0 Å². The van der Waals surface area contributed by atoms with E-state index in [1.807, 2.05) is 6.07 Å². The largest absolute Gasteiger partial charge is 0.376 e. The van der Waals surface area contributed by atoms with Crippen molar-refractivity contribution in [2.24, 2.45) is 5.73 Å². The van der Waals surface area contributed by atoms with Crippen molar-refractivity contribution in [2.45, 2.75) is 33.4 Å². The van der Waals surface area contributed by atoms with Gasteiger partial charge in [0, 0.05) is 31.4 Å². The van der Waals surface area contributed by atoms with Gasteiger partial charge in [-0.25, -0.2) is 0 Å². The molecule has 20 heavy (non-hydrogen) atoms. The number of nitrogens with zero attached hydrogens (tertiary/aromatic N) is 2. The molecule has 108 valence electrons. The number of fused-ring (bicyclic) bond motifs is 1. The molecule has 0 fully saturated rings. The van der Waals surface area contributed by atoms with Crippen LogP contribution in [-0.2, 0) is 6.54 Å². The summed E-state index contributed by atoms with van der Waals surface area (Å²) >= 11 is 5.22. The minimum Gasteiger partial charge on any atom is -0.376 e. The van der Waals surface area contributed by atoms with Crippen LogP contribution in [0.1, 0.15) is 26.3 Å². The molecule has 0 unspecified atom stereocenters. The first kappa shape index (κ1) is 15.0. The Labute approximate surface area is 127 Å². The molecular weight excluding hydrogens is 266 g/mol. The average Bonchev–Trinajstić information content (AvgIpc) is 2.54. The van der Waals surface area contributed by atoms with Crippen molar-refractivity contribution in [1.29, 1.82) is 0 Å². The summed E-state index contributed by atoms with van der Waals surface area (Å²) in [5, 5.41) is 0.452. The molecule has 2 N–H and O–H groups in total. The van der Waals surface area contributed by atoms with Gasteiger partial charge in [-0.2, -0.15) is 0 Å². The third kappa shape index (κ3) is 3.38. The number of nitrogens with two attached hydrogens (primary N) is 1. The van der Waals surface area contributed by atoms with E-state index >= 15 is 0 Å². The average molecular weight is 289 g/mol. The van der Waals surface area contributed by atoms with Crippen molar-refractivity contribution in [1.82, 2.24) is 4.90 Å². The Hall–Kier alpha value is -1.39. The van der Waals surface area contributed by atoms with Crippen molar-refractivity contribution in [3.63, 3.8) is 0 Å². The molecule has 1 aromatic rings. The Morgan fingerprint density at radius 1 is 1.40 bits per heavy atom. The van der Waals surface area contributed by atoms with Crippen LogP contribution in [0.15, 0.2) is 35.9 Å². The van der Waals surface area contributed by atoms with E-state index in [2.05, 4.69) is 54.8 Å². The Kier molecular flexibility index (Phi) is 4.78. The quantitative estimate of drug-likeness (QED) is 0.670. The molecule has 1 aliphatic rings. The first-order valence-electron chi connectivity index (χ1n) is 7.01. The van der Waals surface area contributed by atoms with Gasteiger partial charge in [0.25, 0.3) is 0 Å². The molecular formula is C16H23N3S. The van der Waals surface area contributed by atoms with E-state index < -0.39 is 0 Å². The summed E-state index contributed by atoms with van der Waals surface area (Å²) in [5.74, 6) is 0. The van der Waals surface area contributed by atoms with Gasteiger partial charge in [0.05, 0.1) is 0 Å². The molecule has 1 heterocycles. The molecule has 0 amide bonds. The van der Waals surface area contributed by atoms with Crippen LogP contribution in [0, 0.1) is 0 Å². The lowest BCUT2D eigenvalue weighted by Gasteiger charge is -2.28. The van der Waals surface area contributed by atoms with Crippen molar-refractivity contribution >= 4 is 23.0 Å². The summed E-state index contributed by atoms with van der Waals surface area (Å²) in [5.41, 5.74) is 9.69. The standard InChI is InChI=1S/C16H23N3S/c1-12(2)8-9-18-11-14-6-4-5-7-15(14)19(16(17)20)10-13(18)3/h4-8,13H,9-11H2,1-3H3,(H2,17,20)/t13-/m0/s1. The minimum absolute atomic E-state index is 0.402. The first-order chi connectivity index (χ1) is 9.49. The lowest BCUT2D eigenvalue weighted by molar-refractivity contribution is 0.233. The van der Waals surface area contributed by atoms with Crippen LogP contribution < -0.4 is 10.6 Å². The van der Waals surface area contributed by atoms with Gasteiger partial charge in [-0.15, -0.1) is 0 Å². The summed E-state index contributed by atoms with van der Waals surface area (Å²) in [6.45, 7) is 9.23. The molecule has 0 spiro atoms. The van der Waals surface area contributed by atoms with Gasteiger partial charge in [-0.1, -0.05) is 29.8 Å². The van der Waals surface area contributed by atoms with Gasteiger partial charge in [-0.05, 0) is 44.6 Å². The zero-order chi connectivity index (χ0) is 14.7. The lowest BCUT2D eigenvalue weighted by Crippen LogP contribution is -2.44. The Morgan fingerprint density at radius 3 is 2.75 bits per heavy atom. The molecule has 0 radical (unpaired) electrons. The number of hydrogen-bond donors (Lipinski definition) is 1. The van der Waals surface area contributed by atoms with Gasteiger partial charge in [0.2, 0.25) is 0 Å². The highest BCUT2D eigenvalue weighted by Crippen LogP contribution is 2.27. The fraction of sp³-hybridized carbons (Fsp3) is 0.438. The van der Waals surface area contributed by atoms with Gasteiger partial charge in [0.1, 0.15) is 0 Å². The normalized spacial score (nSPS) is 19.1. The highest BCUT2D eigenvalue weighted by molar-refractivity contribution is 7.80. The predicted octanol–water partition coefficient (Wildman–Crippen LogP) is 2.91. The van der Waals surface area contributed by atoms with Gasteiger partial charge >= 0.3 is 0 Å². The number of thiocarbonyl (C=S) groups is 1. The van der Waals surface area contributed by atoms with E-state index in [9.17, 15) is 0 Å². The van der Waals surface area contributed by atoms with Crippen molar-refractivity contribution in [2.75, 3.05) is 18.0 Å². The maximum atomic E-state index is 5.91. The first-order valence-corrected chi connectivity index (χ1v) is 7.42. The predicted molar refractivity (Wildman–Crippen MR) is 89.9 cm³/mol. The Morgan fingerprint density at radius 2 is 2.10 bits per heavy atom. The molecule has 0 saturated heterocycles. The van der Waals surface area contributed by atoms with Gasteiger partial charge in [0.15, 0.2) is 5.11 Å². The van der Waals surface area contributed by atoms with E-state index in [4.69, 9.17) is 18.0 Å². The van der Waals surface area contributed by atoms with Gasteiger partial charge < -0.3 is 10.6 Å². The number of para-hydroxylation sites is 1. The molecule has 4 heteroatoms. The molecule has 0 bridgehead atoms. The highest BCUT2D eigenvalue weighted by Gasteiger charge is 2.25. The monoisotopic (exact) mass is 289 g/mol. The molecule has 1 aliphatic heterocycles. The van der Waals surface area contributed by atoms with E-state index in [-0.39, 0.29) is 0 Å². The molecule has 0 aromatic heterocycles. The summed E-state index contributed by atoms with van der Waals surface area (Å²) in [4.78, 5) is 4.52. The van der Waals surface area contributed by atoms with Crippen molar-refractivity contribution < 1.29 is 0 Å². The minimum atomic E-state index is 0.402. The summed E-state index contributed by atoms with van der Waals surface area (Å²) in [7, 11) is 0. The molecule has 2 rings (SSSR count). The van der Waals surface area contributed by atoms with Crippen LogP contribution in [-0.4, -0.2) is 29.1 Å². The molecule has 1 aromatic carbocycles. The van der Waals surface area contributed by atoms with Crippen LogP contribution in [0.25, 0.3) is 0 Å². The fourth-order valence-electron chi connectivity index (χ4n) is 2.51. The summed E-state index contributed by atoms with van der Waals surface area (Å²) in [6.07, 6.45) is 2.27. The summed E-state index contributed by atoms with van der Waals surface area (Å²) < 4.78 is 0. The molecule has 3 nitrogen and oxygen atoms in total. The molecule has 0 saturated carbocycles. The Bertz CT molecular complexity index is 520. The maximum absolute atomic E-state index is 5.91. The third-order valence-corrected chi connectivity index (χ3v) is 3.95. The number of rotatable bonds is 2. The second kappa shape index (κ2) is 6.37. The van der Waals surface area contributed by atoms with Gasteiger partial charge in [-0.3, -0.25) is 4.90 Å². The van der Waals surface area contributed by atoms with Crippen molar-refractivity contribution in [3.8, 4) is 0 Å². The van der Waals surface area contributed by atoms with E-state index in [0.29, 0.717) is 11.2 Å². The van der Waals surface area contributed by atoms with E-state index in [1.165, 1.54) is 11.1 Å². The van der Waals surface area contributed by atoms with Crippen LogP contribution >= 0.6 is 12.2 Å². The zero-order valence-corrected chi connectivity index (χ0v) is 13.3. The van der Waals surface area contributed by atoms with Crippen LogP contribution in [0.2, 0.25) is 0 Å². The number of allylic oxidation sites excluding steroid dienone is 1. The second-order valence-electron chi connectivity index (χ2n) is 5.64. The number of benzene rings is 1. The van der Waals surface area contributed by atoms with Crippen LogP contribution in [0.4, 0.5) is 5.69 Å². The topological polar surface area (TPSA) is 32.5 Å². The van der Waals surface area contributed by atoms with Crippen LogP contribution in [0.5, 0.6) is 0 Å². The van der Waals surface area contributed by atoms with Crippen LogP contribution in [0.3, 0.4) is 0 Å². The Balaban J connectivity index is 2.32. The molecule has 0 aliphatic carbocycles. The summed E-state index contributed by atoms with van der Waals surface area (Å²) in [6, 6.07) is 8.78. The lowest BCUT2D eigenvalue weighted by atomic mass is 10.1. The maximum Gasteiger partial charge on any atom is 0.170 e. The molecule has 1 atom stereocenters. The van der Waals surface area contributed by atoms with E-state index in [0.717, 1.165) is 25.3 Å². The van der Waals surface area contributed by atoms with Crippen molar-refractivity contribution in [3.05, 3.63) is 41.5 Å². The smallest absolute Gasteiger partial charge is 0.170 e. The third-order valence-electron chi connectivity index (χ3n) is 3.73. The highest BCUT2D eigenvalue weighted by atomic mass is 32.1.